The molecule has 1 aliphatic heterocycles. The van der Waals surface area contributed by atoms with Crippen molar-refractivity contribution in [1.82, 2.24) is 4.90 Å². The third-order valence-corrected chi connectivity index (χ3v) is 3.94. The first-order valence-electron chi connectivity index (χ1n) is 6.95. The van der Waals surface area contributed by atoms with Crippen molar-refractivity contribution in [3.05, 3.63) is 35.9 Å². The van der Waals surface area contributed by atoms with Gasteiger partial charge in [-0.3, -0.25) is 0 Å². The van der Waals surface area contributed by atoms with Crippen LogP contribution in [-0.4, -0.2) is 36.2 Å². The molecule has 1 saturated heterocycles. The Morgan fingerprint density at radius 1 is 1.22 bits per heavy atom. The lowest BCUT2D eigenvalue weighted by Crippen LogP contribution is -2.37. The zero-order valence-electron chi connectivity index (χ0n) is 11.0. The van der Waals surface area contributed by atoms with Crippen molar-refractivity contribution in [2.45, 2.75) is 25.4 Å². The highest BCUT2D eigenvalue weighted by atomic mass is 16.3. The highest BCUT2D eigenvalue weighted by Crippen LogP contribution is 2.19. The fraction of sp³-hybridized carbons (Fsp3) is 0.600. The third kappa shape index (κ3) is 3.80. The minimum atomic E-state index is -0.335. The quantitative estimate of drug-likeness (QED) is 0.835. The third-order valence-electron chi connectivity index (χ3n) is 3.94. The van der Waals surface area contributed by atoms with Crippen LogP contribution < -0.4 is 5.73 Å². The summed E-state index contributed by atoms with van der Waals surface area (Å²) in [7, 11) is 0. The lowest BCUT2D eigenvalue weighted by atomic mass is 9.96. The number of rotatable bonds is 5. The SMILES string of the molecule is NCC1CCN(CC[C@@H](O)c2ccccc2)CC1. The van der Waals surface area contributed by atoms with Gasteiger partial charge >= 0.3 is 0 Å². The van der Waals surface area contributed by atoms with Crippen LogP contribution in [0.4, 0.5) is 0 Å². The number of likely N-dealkylation sites (tertiary alicyclic amines) is 1. The summed E-state index contributed by atoms with van der Waals surface area (Å²) < 4.78 is 0. The maximum absolute atomic E-state index is 10.1. The number of aliphatic hydroxyl groups excluding tert-OH is 1. The molecular formula is C15H24N2O. The molecule has 1 aliphatic rings. The smallest absolute Gasteiger partial charge is 0.0802 e. The summed E-state index contributed by atoms with van der Waals surface area (Å²) in [5.74, 6) is 0.709. The molecule has 3 nitrogen and oxygen atoms in total. The molecule has 0 amide bonds. The molecule has 100 valence electrons. The summed E-state index contributed by atoms with van der Waals surface area (Å²) in [5.41, 5.74) is 6.71. The van der Waals surface area contributed by atoms with Gasteiger partial charge in [0.25, 0.3) is 0 Å². The number of aliphatic hydroxyl groups is 1. The monoisotopic (exact) mass is 248 g/mol. The van der Waals surface area contributed by atoms with Gasteiger partial charge in [0.1, 0.15) is 0 Å². The van der Waals surface area contributed by atoms with Gasteiger partial charge in [-0.05, 0) is 50.4 Å². The van der Waals surface area contributed by atoms with E-state index in [9.17, 15) is 5.11 Å². The Labute approximate surface area is 110 Å². The molecule has 0 bridgehead atoms. The van der Waals surface area contributed by atoms with Gasteiger partial charge in [0.05, 0.1) is 6.10 Å². The second kappa shape index (κ2) is 6.88. The first kappa shape index (κ1) is 13.5. The predicted octanol–water partition coefficient (Wildman–Crippen LogP) is 1.78. The van der Waals surface area contributed by atoms with Crippen LogP contribution in [0.25, 0.3) is 0 Å². The van der Waals surface area contributed by atoms with Gasteiger partial charge in [0, 0.05) is 6.54 Å². The minimum absolute atomic E-state index is 0.335. The fourth-order valence-electron chi connectivity index (χ4n) is 2.59. The van der Waals surface area contributed by atoms with E-state index in [1.807, 2.05) is 30.3 Å². The van der Waals surface area contributed by atoms with Gasteiger partial charge in [-0.2, -0.15) is 0 Å². The van der Waals surface area contributed by atoms with Gasteiger partial charge < -0.3 is 15.7 Å². The van der Waals surface area contributed by atoms with Gasteiger partial charge in [0.15, 0.2) is 0 Å². The Kier molecular flexibility index (Phi) is 5.17. The fourth-order valence-corrected chi connectivity index (χ4v) is 2.59. The second-order valence-electron chi connectivity index (χ2n) is 5.24. The van der Waals surface area contributed by atoms with E-state index in [4.69, 9.17) is 5.73 Å². The largest absolute Gasteiger partial charge is 0.388 e. The van der Waals surface area contributed by atoms with Crippen LogP contribution in [-0.2, 0) is 0 Å². The molecular weight excluding hydrogens is 224 g/mol. The molecule has 1 fully saturated rings. The lowest BCUT2D eigenvalue weighted by Gasteiger charge is -2.31. The Morgan fingerprint density at radius 2 is 1.89 bits per heavy atom. The van der Waals surface area contributed by atoms with E-state index in [1.165, 1.54) is 12.8 Å². The van der Waals surface area contributed by atoms with Crippen molar-refractivity contribution in [3.63, 3.8) is 0 Å². The van der Waals surface area contributed by atoms with E-state index in [2.05, 4.69) is 4.90 Å². The molecule has 3 heteroatoms. The summed E-state index contributed by atoms with van der Waals surface area (Å²) in [5, 5.41) is 10.1. The van der Waals surface area contributed by atoms with Crippen LogP contribution in [0.1, 0.15) is 30.9 Å². The molecule has 2 rings (SSSR count). The van der Waals surface area contributed by atoms with Gasteiger partial charge in [-0.25, -0.2) is 0 Å². The standard InChI is InChI=1S/C15H24N2O/c16-12-13-6-9-17(10-7-13)11-8-15(18)14-4-2-1-3-5-14/h1-5,13,15,18H,6-12,16H2/t15-/m1/s1. The van der Waals surface area contributed by atoms with Crippen molar-refractivity contribution in [2.24, 2.45) is 11.7 Å². The Morgan fingerprint density at radius 3 is 2.50 bits per heavy atom. The molecule has 0 aromatic heterocycles. The van der Waals surface area contributed by atoms with E-state index in [-0.39, 0.29) is 6.10 Å². The van der Waals surface area contributed by atoms with Crippen LogP contribution in [0.15, 0.2) is 30.3 Å². The zero-order valence-corrected chi connectivity index (χ0v) is 11.0. The van der Waals surface area contributed by atoms with Crippen LogP contribution in [0.2, 0.25) is 0 Å². The Hall–Kier alpha value is -0.900. The highest BCUT2D eigenvalue weighted by molar-refractivity contribution is 5.17. The van der Waals surface area contributed by atoms with Gasteiger partial charge in [-0.15, -0.1) is 0 Å². The molecule has 0 aliphatic carbocycles. The first-order valence-corrected chi connectivity index (χ1v) is 6.95. The topological polar surface area (TPSA) is 49.5 Å². The highest BCUT2D eigenvalue weighted by Gasteiger charge is 2.18. The summed E-state index contributed by atoms with van der Waals surface area (Å²) in [6.45, 7) is 4.06. The summed E-state index contributed by atoms with van der Waals surface area (Å²) in [4.78, 5) is 2.44. The van der Waals surface area contributed by atoms with Crippen molar-refractivity contribution < 1.29 is 5.11 Å². The van der Waals surface area contributed by atoms with Crippen LogP contribution >= 0.6 is 0 Å². The Bertz CT molecular complexity index is 334. The summed E-state index contributed by atoms with van der Waals surface area (Å²) >= 11 is 0. The summed E-state index contributed by atoms with van der Waals surface area (Å²) in [6, 6.07) is 9.92. The molecule has 0 saturated carbocycles. The average Bonchev–Trinajstić information content (AvgIpc) is 2.46. The maximum atomic E-state index is 10.1. The lowest BCUT2D eigenvalue weighted by molar-refractivity contribution is 0.124. The molecule has 18 heavy (non-hydrogen) atoms. The second-order valence-corrected chi connectivity index (χ2v) is 5.24. The number of hydrogen-bond acceptors (Lipinski definition) is 3. The van der Waals surface area contributed by atoms with E-state index in [1.54, 1.807) is 0 Å². The van der Waals surface area contributed by atoms with Crippen LogP contribution in [0.3, 0.4) is 0 Å². The minimum Gasteiger partial charge on any atom is -0.388 e. The van der Waals surface area contributed by atoms with E-state index in [0.717, 1.165) is 38.2 Å². The number of nitrogens with two attached hydrogens (primary N) is 1. The van der Waals surface area contributed by atoms with Gasteiger partial charge in [0.2, 0.25) is 0 Å². The number of piperidine rings is 1. The molecule has 1 aromatic rings. The van der Waals surface area contributed by atoms with E-state index in [0.29, 0.717) is 5.92 Å². The molecule has 1 aromatic carbocycles. The molecule has 0 radical (unpaired) electrons. The predicted molar refractivity (Wildman–Crippen MR) is 74.2 cm³/mol. The van der Waals surface area contributed by atoms with E-state index < -0.39 is 0 Å². The summed E-state index contributed by atoms with van der Waals surface area (Å²) in [6.07, 6.45) is 2.89. The normalized spacial score (nSPS) is 19.9. The molecule has 1 heterocycles. The van der Waals surface area contributed by atoms with Crippen molar-refractivity contribution >= 4 is 0 Å². The van der Waals surface area contributed by atoms with Crippen molar-refractivity contribution in [2.75, 3.05) is 26.2 Å². The number of nitrogens with zero attached hydrogens (tertiary/aromatic N) is 1. The maximum Gasteiger partial charge on any atom is 0.0802 e. The van der Waals surface area contributed by atoms with E-state index >= 15 is 0 Å². The van der Waals surface area contributed by atoms with Crippen LogP contribution in [0, 0.1) is 5.92 Å². The first-order chi connectivity index (χ1) is 8.79. The molecule has 0 unspecified atom stereocenters. The zero-order chi connectivity index (χ0) is 12.8. The van der Waals surface area contributed by atoms with Crippen molar-refractivity contribution in [1.29, 1.82) is 0 Å². The molecule has 0 spiro atoms. The molecule has 3 N–H and O–H groups in total. The number of hydrogen-bond donors (Lipinski definition) is 2. The average molecular weight is 248 g/mol. The van der Waals surface area contributed by atoms with Gasteiger partial charge in [-0.1, -0.05) is 30.3 Å². The number of benzene rings is 1. The Balaban J connectivity index is 1.72. The van der Waals surface area contributed by atoms with Crippen LogP contribution in [0.5, 0.6) is 0 Å². The van der Waals surface area contributed by atoms with Crippen molar-refractivity contribution in [3.8, 4) is 0 Å². The molecule has 1 atom stereocenters.